The summed E-state index contributed by atoms with van der Waals surface area (Å²) in [6.07, 6.45) is 4.89. The molecule has 0 fully saturated rings. The first-order valence-corrected chi connectivity index (χ1v) is 12.7. The molecule has 5 rings (SSSR count). The van der Waals surface area contributed by atoms with Gasteiger partial charge in [-0.3, -0.25) is 0 Å². The lowest BCUT2D eigenvalue weighted by atomic mass is 9.63. The molecule has 1 aromatic heterocycles. The lowest BCUT2D eigenvalue weighted by Gasteiger charge is -2.42. The van der Waals surface area contributed by atoms with Crippen molar-refractivity contribution >= 4 is 22.5 Å². The molecule has 2 aromatic carbocycles. The number of hydrogen-bond acceptors (Lipinski definition) is 2. The summed E-state index contributed by atoms with van der Waals surface area (Å²) in [4.78, 5) is 0. The monoisotopic (exact) mass is 443 g/mol. The lowest BCUT2D eigenvalue weighted by molar-refractivity contribution is 0.332. The summed E-state index contributed by atoms with van der Waals surface area (Å²) in [5.41, 5.74) is 10.1. The van der Waals surface area contributed by atoms with Crippen LogP contribution in [0, 0.1) is 6.92 Å². The molecule has 33 heavy (non-hydrogen) atoms. The van der Waals surface area contributed by atoms with Gasteiger partial charge in [0.15, 0.2) is 5.88 Å². The Bertz CT molecular complexity index is 1200. The van der Waals surface area contributed by atoms with E-state index in [1.807, 2.05) is 0 Å². The Hall–Kier alpha value is -2.22. The smallest absolute Gasteiger partial charge is 0.198 e. The van der Waals surface area contributed by atoms with E-state index in [0.717, 1.165) is 17.2 Å². The number of fused-ring (bicyclic) bond motifs is 3. The van der Waals surface area contributed by atoms with Crippen molar-refractivity contribution in [2.75, 3.05) is 5.32 Å². The summed E-state index contributed by atoms with van der Waals surface area (Å²) in [6, 6.07) is 11.7. The quantitative estimate of drug-likeness (QED) is 0.427. The molecular weight excluding hydrogens is 402 g/mol. The van der Waals surface area contributed by atoms with E-state index in [0.29, 0.717) is 0 Å². The van der Waals surface area contributed by atoms with Crippen LogP contribution in [-0.4, -0.2) is 0 Å². The zero-order chi connectivity index (χ0) is 24.0. The van der Waals surface area contributed by atoms with E-state index in [4.69, 9.17) is 4.42 Å². The molecule has 2 aliphatic rings. The standard InChI is InChI=1S/C31H41NO/c1-19-14-21-23(30(6,7)12-10-28(21,2)3)17-25(19)32-27-16-20-15-22-24(18-26(20)33-27)31(8,9)13-11-29(22,4)5/h14-18,32H,10-13H2,1-9H3. The Labute approximate surface area is 200 Å². The van der Waals surface area contributed by atoms with Crippen LogP contribution < -0.4 is 5.32 Å². The van der Waals surface area contributed by atoms with Gasteiger partial charge in [-0.2, -0.15) is 0 Å². The zero-order valence-corrected chi connectivity index (χ0v) is 22.1. The highest BCUT2D eigenvalue weighted by Crippen LogP contribution is 2.49. The van der Waals surface area contributed by atoms with Gasteiger partial charge in [-0.15, -0.1) is 0 Å². The van der Waals surface area contributed by atoms with E-state index >= 15 is 0 Å². The van der Waals surface area contributed by atoms with Crippen molar-refractivity contribution in [3.05, 3.63) is 58.1 Å². The van der Waals surface area contributed by atoms with Gasteiger partial charge in [-0.1, -0.05) is 61.5 Å². The van der Waals surface area contributed by atoms with E-state index in [2.05, 4.69) is 98.0 Å². The van der Waals surface area contributed by atoms with Crippen LogP contribution in [0.1, 0.15) is 109 Å². The molecule has 1 N–H and O–H groups in total. The van der Waals surface area contributed by atoms with Crippen LogP contribution in [-0.2, 0) is 21.7 Å². The number of rotatable bonds is 2. The van der Waals surface area contributed by atoms with Crippen molar-refractivity contribution in [3.63, 3.8) is 0 Å². The van der Waals surface area contributed by atoms with Crippen molar-refractivity contribution in [2.45, 2.75) is 110 Å². The molecule has 0 amide bonds. The third kappa shape index (κ3) is 3.61. The summed E-state index contributed by atoms with van der Waals surface area (Å²) in [7, 11) is 0. The maximum Gasteiger partial charge on any atom is 0.198 e. The molecule has 0 spiro atoms. The van der Waals surface area contributed by atoms with Crippen molar-refractivity contribution in [2.24, 2.45) is 0 Å². The van der Waals surface area contributed by atoms with Gasteiger partial charge in [-0.25, -0.2) is 0 Å². The summed E-state index contributed by atoms with van der Waals surface area (Å²) in [5.74, 6) is 0.832. The molecule has 0 saturated heterocycles. The van der Waals surface area contributed by atoms with Gasteiger partial charge < -0.3 is 9.73 Å². The zero-order valence-electron chi connectivity index (χ0n) is 22.1. The average Bonchev–Trinajstić information content (AvgIpc) is 3.11. The highest BCUT2D eigenvalue weighted by Gasteiger charge is 2.39. The van der Waals surface area contributed by atoms with Crippen LogP contribution in [0.4, 0.5) is 11.6 Å². The van der Waals surface area contributed by atoms with Gasteiger partial charge in [0.25, 0.3) is 0 Å². The van der Waals surface area contributed by atoms with E-state index in [1.165, 1.54) is 58.9 Å². The molecule has 2 aliphatic carbocycles. The maximum absolute atomic E-state index is 6.38. The van der Waals surface area contributed by atoms with Crippen LogP contribution >= 0.6 is 0 Å². The minimum Gasteiger partial charge on any atom is -0.440 e. The minimum absolute atomic E-state index is 0.187. The second-order valence-electron chi connectivity index (χ2n) is 13.4. The molecule has 0 aliphatic heterocycles. The van der Waals surface area contributed by atoms with Crippen LogP contribution in [0.25, 0.3) is 11.0 Å². The van der Waals surface area contributed by atoms with Crippen molar-refractivity contribution in [3.8, 4) is 0 Å². The molecule has 2 heteroatoms. The van der Waals surface area contributed by atoms with Crippen molar-refractivity contribution in [1.29, 1.82) is 0 Å². The summed E-state index contributed by atoms with van der Waals surface area (Å²) < 4.78 is 6.38. The summed E-state index contributed by atoms with van der Waals surface area (Å²) in [6.45, 7) is 21.3. The fourth-order valence-electron chi connectivity index (χ4n) is 6.15. The molecule has 0 bridgehead atoms. The molecule has 3 aromatic rings. The first-order chi connectivity index (χ1) is 15.2. The highest BCUT2D eigenvalue weighted by molar-refractivity contribution is 5.84. The summed E-state index contributed by atoms with van der Waals surface area (Å²) >= 11 is 0. The first kappa shape index (κ1) is 22.6. The molecule has 2 nitrogen and oxygen atoms in total. The Morgan fingerprint density at radius 2 is 1.06 bits per heavy atom. The predicted molar refractivity (Wildman–Crippen MR) is 141 cm³/mol. The van der Waals surface area contributed by atoms with Crippen LogP contribution in [0.5, 0.6) is 0 Å². The van der Waals surface area contributed by atoms with Crippen LogP contribution in [0.3, 0.4) is 0 Å². The number of hydrogen-bond donors (Lipinski definition) is 1. The third-order valence-electron chi connectivity index (χ3n) is 8.95. The Morgan fingerprint density at radius 1 is 0.606 bits per heavy atom. The van der Waals surface area contributed by atoms with Gasteiger partial charge in [0.2, 0.25) is 0 Å². The molecule has 0 saturated carbocycles. The predicted octanol–water partition coefficient (Wildman–Crippen LogP) is 9.18. The van der Waals surface area contributed by atoms with Crippen LogP contribution in [0.2, 0.25) is 0 Å². The van der Waals surface area contributed by atoms with E-state index in [1.54, 1.807) is 0 Å². The van der Waals surface area contributed by atoms with E-state index in [9.17, 15) is 0 Å². The van der Waals surface area contributed by atoms with E-state index < -0.39 is 0 Å². The van der Waals surface area contributed by atoms with Gasteiger partial charge in [-0.05, 0) is 100 Å². The van der Waals surface area contributed by atoms with Gasteiger partial charge in [0.05, 0.1) is 0 Å². The fraction of sp³-hybridized carbons (Fsp3) is 0.548. The minimum atomic E-state index is 0.187. The van der Waals surface area contributed by atoms with Gasteiger partial charge in [0.1, 0.15) is 5.58 Å². The van der Waals surface area contributed by atoms with Gasteiger partial charge in [0, 0.05) is 17.1 Å². The maximum atomic E-state index is 6.38. The normalized spacial score (nSPS) is 22.0. The second-order valence-corrected chi connectivity index (χ2v) is 13.4. The molecular formula is C31H41NO. The second kappa shape index (κ2) is 6.90. The Balaban J connectivity index is 1.57. The summed E-state index contributed by atoms with van der Waals surface area (Å²) in [5, 5.41) is 4.84. The lowest BCUT2D eigenvalue weighted by Crippen LogP contribution is -2.34. The molecule has 0 atom stereocenters. The molecule has 1 heterocycles. The largest absolute Gasteiger partial charge is 0.440 e. The average molecular weight is 444 g/mol. The number of benzene rings is 2. The van der Waals surface area contributed by atoms with Crippen LogP contribution in [0.15, 0.2) is 34.7 Å². The third-order valence-corrected chi connectivity index (χ3v) is 8.95. The number of aryl methyl sites for hydroxylation is 1. The number of nitrogens with one attached hydrogen (secondary N) is 1. The molecule has 0 unspecified atom stereocenters. The topological polar surface area (TPSA) is 25.2 Å². The Kier molecular flexibility index (Phi) is 4.72. The van der Waals surface area contributed by atoms with Gasteiger partial charge >= 0.3 is 0 Å². The Morgan fingerprint density at radius 3 is 1.61 bits per heavy atom. The number of anilines is 2. The van der Waals surface area contributed by atoms with Crippen molar-refractivity contribution < 1.29 is 4.42 Å². The highest BCUT2D eigenvalue weighted by atomic mass is 16.3. The molecule has 0 radical (unpaired) electrons. The van der Waals surface area contributed by atoms with E-state index in [-0.39, 0.29) is 21.7 Å². The number of furan rings is 1. The molecule has 176 valence electrons. The first-order valence-electron chi connectivity index (χ1n) is 12.7. The fourth-order valence-corrected chi connectivity index (χ4v) is 6.15. The SMILES string of the molecule is Cc1cc2c(cc1Nc1cc3cc4c(cc3o1)C(C)(C)CCC4(C)C)C(C)(C)CCC2(C)C. The van der Waals surface area contributed by atoms with Crippen molar-refractivity contribution in [1.82, 2.24) is 0 Å².